The van der Waals surface area contributed by atoms with Crippen LogP contribution in [0.3, 0.4) is 0 Å². The van der Waals surface area contributed by atoms with Gasteiger partial charge < -0.3 is 15.0 Å². The Balaban J connectivity index is 1.48. The number of nitrogens with one attached hydrogen (secondary N) is 3. The number of aromatic nitrogens is 1. The van der Waals surface area contributed by atoms with E-state index in [-0.39, 0.29) is 5.91 Å². The first kappa shape index (κ1) is 19.9. The Hall–Kier alpha value is -4.39. The number of rotatable bonds is 6. The topological polar surface area (TPSA) is 95.6 Å². The van der Waals surface area contributed by atoms with Gasteiger partial charge in [0.2, 0.25) is 0 Å². The van der Waals surface area contributed by atoms with Gasteiger partial charge >= 0.3 is 0 Å². The molecule has 0 aliphatic heterocycles. The second-order valence-electron chi connectivity index (χ2n) is 6.72. The second-order valence-corrected chi connectivity index (χ2v) is 6.72. The summed E-state index contributed by atoms with van der Waals surface area (Å²) in [6.07, 6.45) is 3.40. The highest BCUT2D eigenvalue weighted by atomic mass is 16.5. The minimum Gasteiger partial charge on any atom is -0.497 e. The van der Waals surface area contributed by atoms with E-state index in [1.165, 1.54) is 7.11 Å². The summed E-state index contributed by atoms with van der Waals surface area (Å²) < 4.78 is 5.16. The predicted molar refractivity (Wildman–Crippen MR) is 121 cm³/mol. The lowest BCUT2D eigenvalue weighted by atomic mass is 10.1. The lowest BCUT2D eigenvalue weighted by molar-refractivity contribution is 0.0956. The highest BCUT2D eigenvalue weighted by molar-refractivity contribution is 6.09. The van der Waals surface area contributed by atoms with Crippen LogP contribution in [0.15, 0.2) is 84.1 Å². The predicted octanol–water partition coefficient (Wildman–Crippen LogP) is 4.19. The number of amides is 2. The minimum atomic E-state index is -0.433. The summed E-state index contributed by atoms with van der Waals surface area (Å²) in [4.78, 5) is 28.4. The van der Waals surface area contributed by atoms with Gasteiger partial charge in [0, 0.05) is 28.2 Å². The molecule has 0 fully saturated rings. The Morgan fingerprint density at radius 3 is 2.65 bits per heavy atom. The molecular weight excluding hydrogens is 392 g/mol. The highest BCUT2D eigenvalue weighted by Gasteiger charge is 2.14. The van der Waals surface area contributed by atoms with Gasteiger partial charge in [-0.3, -0.25) is 9.59 Å². The zero-order chi connectivity index (χ0) is 21.6. The maximum Gasteiger partial charge on any atom is 0.273 e. The van der Waals surface area contributed by atoms with Crippen LogP contribution in [0.1, 0.15) is 26.3 Å². The van der Waals surface area contributed by atoms with Gasteiger partial charge in [-0.2, -0.15) is 5.10 Å². The van der Waals surface area contributed by atoms with Crippen molar-refractivity contribution in [1.82, 2.24) is 10.4 Å². The van der Waals surface area contributed by atoms with E-state index in [2.05, 4.69) is 20.8 Å². The molecule has 7 nitrogen and oxygen atoms in total. The number of carbonyl (C=O) groups excluding carboxylic acids is 2. The largest absolute Gasteiger partial charge is 0.497 e. The third kappa shape index (κ3) is 4.45. The lowest BCUT2D eigenvalue weighted by Gasteiger charge is -2.10. The summed E-state index contributed by atoms with van der Waals surface area (Å²) in [6, 6.07) is 21.3. The fourth-order valence-corrected chi connectivity index (χ4v) is 3.17. The Morgan fingerprint density at radius 2 is 1.77 bits per heavy atom. The van der Waals surface area contributed by atoms with Gasteiger partial charge in [0.25, 0.3) is 11.8 Å². The number of nitrogens with zero attached hydrogens (tertiary/aromatic N) is 1. The smallest absolute Gasteiger partial charge is 0.273 e. The van der Waals surface area contributed by atoms with Crippen LogP contribution >= 0.6 is 0 Å². The molecule has 0 saturated heterocycles. The van der Waals surface area contributed by atoms with Crippen LogP contribution in [0.4, 0.5) is 5.69 Å². The van der Waals surface area contributed by atoms with Crippen LogP contribution in [-0.4, -0.2) is 30.1 Å². The van der Waals surface area contributed by atoms with Crippen molar-refractivity contribution in [3.8, 4) is 5.75 Å². The molecule has 0 spiro atoms. The number of fused-ring (bicyclic) bond motifs is 1. The molecule has 3 aromatic carbocycles. The van der Waals surface area contributed by atoms with Gasteiger partial charge in [-0.05, 0) is 36.4 Å². The first-order chi connectivity index (χ1) is 15.2. The van der Waals surface area contributed by atoms with Gasteiger partial charge in [0.15, 0.2) is 0 Å². The fraction of sp³-hybridized carbons (Fsp3) is 0.0417. The third-order valence-corrected chi connectivity index (χ3v) is 4.74. The summed E-state index contributed by atoms with van der Waals surface area (Å²) in [5.41, 5.74) is 5.47. The monoisotopic (exact) mass is 412 g/mol. The normalized spacial score (nSPS) is 10.9. The van der Waals surface area contributed by atoms with Crippen LogP contribution in [-0.2, 0) is 0 Å². The van der Waals surface area contributed by atoms with Crippen LogP contribution < -0.4 is 15.5 Å². The van der Waals surface area contributed by atoms with Crippen LogP contribution in [0, 0.1) is 0 Å². The molecule has 0 bridgehead atoms. The fourth-order valence-electron chi connectivity index (χ4n) is 3.17. The number of ether oxygens (including phenoxy) is 1. The highest BCUT2D eigenvalue weighted by Crippen LogP contribution is 2.19. The Bertz CT molecular complexity index is 1280. The molecule has 0 aliphatic carbocycles. The van der Waals surface area contributed by atoms with Crippen molar-refractivity contribution in [2.75, 3.05) is 12.4 Å². The third-order valence-electron chi connectivity index (χ3n) is 4.74. The van der Waals surface area contributed by atoms with E-state index in [0.717, 1.165) is 16.5 Å². The van der Waals surface area contributed by atoms with E-state index >= 15 is 0 Å². The molecule has 1 aromatic heterocycles. The zero-order valence-electron chi connectivity index (χ0n) is 16.8. The van der Waals surface area contributed by atoms with Crippen LogP contribution in [0.25, 0.3) is 10.9 Å². The lowest BCUT2D eigenvalue weighted by Crippen LogP contribution is -2.21. The Morgan fingerprint density at radius 1 is 0.968 bits per heavy atom. The van der Waals surface area contributed by atoms with E-state index in [9.17, 15) is 9.59 Å². The maximum absolute atomic E-state index is 12.7. The SMILES string of the molecule is COc1cccc(C(=O)Nc2ccccc2C(=O)NN=Cc2c[nH]c3ccccc23)c1. The molecule has 7 heteroatoms. The number of carbonyl (C=O) groups is 2. The van der Waals surface area contributed by atoms with E-state index in [0.29, 0.717) is 22.6 Å². The number of para-hydroxylation sites is 2. The Kier molecular flexibility index (Phi) is 5.75. The molecule has 0 aliphatic rings. The average molecular weight is 412 g/mol. The summed E-state index contributed by atoms with van der Waals surface area (Å²) >= 11 is 0. The number of benzene rings is 3. The molecular formula is C24H20N4O3. The zero-order valence-corrected chi connectivity index (χ0v) is 16.8. The number of hydrazone groups is 1. The van der Waals surface area contributed by atoms with E-state index in [1.807, 2.05) is 30.5 Å². The number of hydrogen-bond acceptors (Lipinski definition) is 4. The van der Waals surface area contributed by atoms with E-state index in [1.54, 1.807) is 54.7 Å². The van der Waals surface area contributed by atoms with Crippen LogP contribution in [0.5, 0.6) is 5.75 Å². The number of aromatic amines is 1. The molecule has 31 heavy (non-hydrogen) atoms. The summed E-state index contributed by atoms with van der Waals surface area (Å²) in [5.74, 6) is -0.204. The number of hydrogen-bond donors (Lipinski definition) is 3. The molecule has 154 valence electrons. The molecule has 1 heterocycles. The molecule has 3 N–H and O–H groups in total. The average Bonchev–Trinajstić information content (AvgIpc) is 3.22. The van der Waals surface area contributed by atoms with Crippen LogP contribution in [0.2, 0.25) is 0 Å². The molecule has 2 amide bonds. The van der Waals surface area contributed by atoms with Crippen molar-refractivity contribution in [3.63, 3.8) is 0 Å². The van der Waals surface area contributed by atoms with Crippen molar-refractivity contribution in [3.05, 3.63) is 95.7 Å². The summed E-state index contributed by atoms with van der Waals surface area (Å²) in [5, 5.41) is 7.85. The number of H-pyrrole nitrogens is 1. The molecule has 4 rings (SSSR count). The molecule has 0 atom stereocenters. The van der Waals surface area contributed by atoms with Gasteiger partial charge in [0.1, 0.15) is 5.75 Å². The van der Waals surface area contributed by atoms with Crippen molar-refractivity contribution >= 4 is 34.6 Å². The Labute approximate surface area is 178 Å². The second kappa shape index (κ2) is 8.96. The summed E-state index contributed by atoms with van der Waals surface area (Å²) in [7, 11) is 1.54. The molecule has 0 saturated carbocycles. The number of anilines is 1. The minimum absolute atomic E-state index is 0.301. The van der Waals surface area contributed by atoms with Gasteiger partial charge in [-0.15, -0.1) is 0 Å². The van der Waals surface area contributed by atoms with Crippen molar-refractivity contribution in [2.45, 2.75) is 0 Å². The summed E-state index contributed by atoms with van der Waals surface area (Å²) in [6.45, 7) is 0. The van der Waals surface area contributed by atoms with Gasteiger partial charge in [-0.1, -0.05) is 36.4 Å². The van der Waals surface area contributed by atoms with Crippen molar-refractivity contribution in [1.29, 1.82) is 0 Å². The standard InChI is InChI=1S/C24H20N4O3/c1-31-18-8-6-7-16(13-18)23(29)27-22-12-5-3-10-20(22)24(30)28-26-15-17-14-25-21-11-4-2-9-19(17)21/h2-15,25H,1H3,(H,27,29)(H,28,30). The van der Waals surface area contributed by atoms with Crippen molar-refractivity contribution < 1.29 is 14.3 Å². The van der Waals surface area contributed by atoms with Gasteiger partial charge in [0.05, 0.1) is 24.6 Å². The van der Waals surface area contributed by atoms with Crippen molar-refractivity contribution in [2.24, 2.45) is 5.10 Å². The molecule has 0 unspecified atom stereocenters. The van der Waals surface area contributed by atoms with E-state index in [4.69, 9.17) is 4.74 Å². The molecule has 4 aromatic rings. The number of methoxy groups -OCH3 is 1. The molecule has 0 radical (unpaired) electrons. The van der Waals surface area contributed by atoms with Gasteiger partial charge in [-0.25, -0.2) is 5.43 Å². The first-order valence-electron chi connectivity index (χ1n) is 9.59. The van der Waals surface area contributed by atoms with E-state index < -0.39 is 5.91 Å². The quantitative estimate of drug-likeness (QED) is 0.327. The maximum atomic E-state index is 12.7. The first-order valence-corrected chi connectivity index (χ1v) is 9.59.